The topological polar surface area (TPSA) is 91.5 Å². The Morgan fingerprint density at radius 1 is 1.60 bits per heavy atom. The largest absolute Gasteiger partial charge is 0.396 e. The van der Waals surface area contributed by atoms with Crippen LogP contribution in [-0.2, 0) is 0 Å². The second kappa shape index (κ2) is 8.06. The summed E-state index contributed by atoms with van der Waals surface area (Å²) >= 11 is 1.31. The normalized spacial score (nSPS) is 12.2. The third-order valence-electron chi connectivity index (χ3n) is 2.91. The van der Waals surface area contributed by atoms with E-state index in [1.807, 2.05) is 18.9 Å². The number of hydrogen-bond donors (Lipinski definition) is 3. The number of nitrogens with zero attached hydrogens (tertiary/aromatic N) is 2. The lowest BCUT2D eigenvalue weighted by molar-refractivity contribution is 0.0941. The quantitative estimate of drug-likeness (QED) is 0.676. The van der Waals surface area contributed by atoms with E-state index in [4.69, 9.17) is 10.8 Å². The predicted molar refractivity (Wildman–Crippen MR) is 83.3 cm³/mol. The van der Waals surface area contributed by atoms with E-state index in [9.17, 15) is 4.79 Å². The maximum absolute atomic E-state index is 12.1. The smallest absolute Gasteiger partial charge is 0.265 e. The molecule has 0 aromatic carbocycles. The van der Waals surface area contributed by atoms with Crippen molar-refractivity contribution in [3.05, 3.63) is 4.88 Å². The minimum atomic E-state index is -0.193. The van der Waals surface area contributed by atoms with Crippen LogP contribution in [0.25, 0.3) is 0 Å². The summed E-state index contributed by atoms with van der Waals surface area (Å²) in [5.41, 5.74) is 5.82. The first kappa shape index (κ1) is 16.7. The number of nitrogen functional groups attached to an aromatic ring is 1. The molecule has 0 spiro atoms. The maximum atomic E-state index is 12.1. The third kappa shape index (κ3) is 4.64. The Morgan fingerprint density at radius 2 is 2.30 bits per heavy atom. The van der Waals surface area contributed by atoms with Crippen LogP contribution in [0.2, 0.25) is 0 Å². The van der Waals surface area contributed by atoms with Gasteiger partial charge < -0.3 is 21.1 Å². The van der Waals surface area contributed by atoms with E-state index in [2.05, 4.69) is 17.2 Å². The Balaban J connectivity index is 2.68. The van der Waals surface area contributed by atoms with Crippen LogP contribution in [0.4, 0.5) is 10.9 Å². The highest BCUT2D eigenvalue weighted by molar-refractivity contribution is 7.18. The minimum absolute atomic E-state index is 0.00738. The summed E-state index contributed by atoms with van der Waals surface area (Å²) in [4.78, 5) is 18.8. The van der Waals surface area contributed by atoms with Crippen molar-refractivity contribution in [3.8, 4) is 0 Å². The molecule has 6 nitrogen and oxygen atoms in total. The lowest BCUT2D eigenvalue weighted by Gasteiger charge is -2.13. The van der Waals surface area contributed by atoms with Crippen LogP contribution in [0.15, 0.2) is 0 Å². The highest BCUT2D eigenvalue weighted by Gasteiger charge is 2.19. The van der Waals surface area contributed by atoms with E-state index in [-0.39, 0.29) is 24.4 Å². The highest BCUT2D eigenvalue weighted by atomic mass is 32.1. The number of carbonyl (C=O) groups is 1. The van der Waals surface area contributed by atoms with Gasteiger partial charge in [-0.15, -0.1) is 0 Å². The molecular formula is C13H24N4O2S. The van der Waals surface area contributed by atoms with Crippen LogP contribution in [0, 0.1) is 0 Å². The number of anilines is 2. The van der Waals surface area contributed by atoms with Crippen LogP contribution >= 0.6 is 11.3 Å². The summed E-state index contributed by atoms with van der Waals surface area (Å²) in [6.07, 6.45) is 2.42. The molecule has 1 heterocycles. The fourth-order valence-electron chi connectivity index (χ4n) is 1.84. The first-order chi connectivity index (χ1) is 9.49. The molecule has 0 saturated carbocycles. The molecule has 0 aliphatic heterocycles. The van der Waals surface area contributed by atoms with Crippen molar-refractivity contribution in [2.45, 2.75) is 39.2 Å². The third-order valence-corrected chi connectivity index (χ3v) is 4.09. The SMILES string of the molecule is CCCN(C)c1nc(N)c(C(=O)NC(C)CCCO)s1. The Kier molecular flexibility index (Phi) is 6.74. The zero-order valence-electron chi connectivity index (χ0n) is 12.3. The highest BCUT2D eigenvalue weighted by Crippen LogP contribution is 2.27. The van der Waals surface area contributed by atoms with Crippen molar-refractivity contribution in [2.24, 2.45) is 0 Å². The molecule has 1 aromatic rings. The first-order valence-electron chi connectivity index (χ1n) is 6.88. The molecule has 1 unspecified atom stereocenters. The maximum Gasteiger partial charge on any atom is 0.265 e. The zero-order valence-corrected chi connectivity index (χ0v) is 13.2. The molecule has 0 aliphatic carbocycles. The fraction of sp³-hybridized carbons (Fsp3) is 0.692. The summed E-state index contributed by atoms with van der Waals surface area (Å²) in [6, 6.07) is 0.00738. The molecule has 0 radical (unpaired) electrons. The zero-order chi connectivity index (χ0) is 15.1. The van der Waals surface area contributed by atoms with Crippen LogP contribution in [0.3, 0.4) is 0 Å². The molecule has 0 saturated heterocycles. The van der Waals surface area contributed by atoms with Crippen LogP contribution in [0.5, 0.6) is 0 Å². The Morgan fingerprint density at radius 3 is 2.90 bits per heavy atom. The molecule has 7 heteroatoms. The standard InChI is InChI=1S/C13H24N4O2S/c1-4-7-17(3)13-16-11(14)10(20-13)12(19)15-9(2)6-5-8-18/h9,18H,4-8,14H2,1-3H3,(H,15,19). The van der Waals surface area contributed by atoms with E-state index in [0.29, 0.717) is 11.3 Å². The lowest BCUT2D eigenvalue weighted by atomic mass is 10.2. The molecule has 1 rings (SSSR count). The van der Waals surface area contributed by atoms with Gasteiger partial charge in [-0.2, -0.15) is 0 Å². The van der Waals surface area contributed by atoms with Gasteiger partial charge in [0.25, 0.3) is 5.91 Å². The first-order valence-corrected chi connectivity index (χ1v) is 7.70. The van der Waals surface area contributed by atoms with Gasteiger partial charge in [0.2, 0.25) is 0 Å². The van der Waals surface area contributed by atoms with Gasteiger partial charge >= 0.3 is 0 Å². The average Bonchev–Trinajstić information content (AvgIpc) is 2.79. The molecule has 20 heavy (non-hydrogen) atoms. The van der Waals surface area contributed by atoms with Gasteiger partial charge in [0.1, 0.15) is 10.7 Å². The molecule has 1 aromatic heterocycles. The van der Waals surface area contributed by atoms with Gasteiger partial charge in [0.05, 0.1) is 0 Å². The number of amides is 1. The van der Waals surface area contributed by atoms with Crippen LogP contribution in [-0.4, -0.2) is 42.2 Å². The Labute approximate surface area is 124 Å². The van der Waals surface area contributed by atoms with Gasteiger partial charge in [0, 0.05) is 26.2 Å². The van der Waals surface area contributed by atoms with Crippen molar-refractivity contribution >= 4 is 28.2 Å². The van der Waals surface area contributed by atoms with E-state index in [1.165, 1.54) is 11.3 Å². The number of aromatic nitrogens is 1. The number of aliphatic hydroxyl groups excluding tert-OH is 1. The van der Waals surface area contributed by atoms with Crippen molar-refractivity contribution in [3.63, 3.8) is 0 Å². The molecule has 0 fully saturated rings. The number of nitrogens with two attached hydrogens (primary N) is 1. The molecule has 0 bridgehead atoms. The van der Waals surface area contributed by atoms with Crippen LogP contribution < -0.4 is 16.0 Å². The second-order valence-corrected chi connectivity index (χ2v) is 5.85. The van der Waals surface area contributed by atoms with Crippen molar-refractivity contribution in [2.75, 3.05) is 30.8 Å². The molecule has 4 N–H and O–H groups in total. The van der Waals surface area contributed by atoms with E-state index in [0.717, 1.165) is 24.5 Å². The summed E-state index contributed by atoms with van der Waals surface area (Å²) in [7, 11) is 1.94. The Hall–Kier alpha value is -1.34. The van der Waals surface area contributed by atoms with Crippen LogP contribution in [0.1, 0.15) is 42.8 Å². The summed E-state index contributed by atoms with van der Waals surface area (Å²) in [5.74, 6) is 0.0846. The molecular weight excluding hydrogens is 276 g/mol. The van der Waals surface area contributed by atoms with E-state index < -0.39 is 0 Å². The van der Waals surface area contributed by atoms with E-state index >= 15 is 0 Å². The fourth-order valence-corrected chi connectivity index (χ4v) is 2.71. The number of hydrogen-bond acceptors (Lipinski definition) is 6. The molecule has 1 atom stereocenters. The van der Waals surface area contributed by atoms with Crippen molar-refractivity contribution < 1.29 is 9.90 Å². The number of thiazole rings is 1. The minimum Gasteiger partial charge on any atom is -0.396 e. The average molecular weight is 300 g/mol. The number of carbonyl (C=O) groups excluding carboxylic acids is 1. The van der Waals surface area contributed by atoms with Gasteiger partial charge in [0.15, 0.2) is 5.13 Å². The van der Waals surface area contributed by atoms with E-state index in [1.54, 1.807) is 0 Å². The van der Waals surface area contributed by atoms with Crippen molar-refractivity contribution in [1.82, 2.24) is 10.3 Å². The molecule has 1 amide bonds. The van der Waals surface area contributed by atoms with Gasteiger partial charge in [-0.3, -0.25) is 4.79 Å². The van der Waals surface area contributed by atoms with Gasteiger partial charge in [-0.05, 0) is 26.2 Å². The van der Waals surface area contributed by atoms with Crippen molar-refractivity contribution in [1.29, 1.82) is 0 Å². The second-order valence-electron chi connectivity index (χ2n) is 4.87. The Bertz CT molecular complexity index is 436. The molecule has 114 valence electrons. The summed E-state index contributed by atoms with van der Waals surface area (Å²) in [6.45, 7) is 5.01. The number of nitrogens with one attached hydrogen (secondary N) is 1. The number of aliphatic hydroxyl groups is 1. The predicted octanol–water partition coefficient (Wildman–Crippen LogP) is 1.46. The number of rotatable bonds is 8. The summed E-state index contributed by atoms with van der Waals surface area (Å²) < 4.78 is 0. The lowest BCUT2D eigenvalue weighted by Crippen LogP contribution is -2.32. The van der Waals surface area contributed by atoms with Gasteiger partial charge in [-0.25, -0.2) is 4.98 Å². The molecule has 0 aliphatic rings. The summed E-state index contributed by atoms with van der Waals surface area (Å²) in [5, 5.41) is 12.4. The monoisotopic (exact) mass is 300 g/mol. The van der Waals surface area contributed by atoms with Gasteiger partial charge in [-0.1, -0.05) is 18.3 Å².